The van der Waals surface area contributed by atoms with Crippen molar-refractivity contribution in [1.29, 1.82) is 0 Å². The zero-order valence-corrected chi connectivity index (χ0v) is 13.7. The topological polar surface area (TPSA) is 12.5 Å². The van der Waals surface area contributed by atoms with Crippen LogP contribution in [0.4, 0.5) is 14.5 Å². The van der Waals surface area contributed by atoms with Gasteiger partial charge >= 0.3 is 0 Å². The predicted octanol–water partition coefficient (Wildman–Crippen LogP) is 3.05. The van der Waals surface area contributed by atoms with Crippen LogP contribution in [0.5, 0.6) is 0 Å². The van der Waals surface area contributed by atoms with Crippen LogP contribution in [0, 0.1) is 17.7 Å². The van der Waals surface area contributed by atoms with Gasteiger partial charge in [0.1, 0.15) is 8.24 Å². The van der Waals surface area contributed by atoms with Gasteiger partial charge in [-0.2, -0.15) is 0 Å². The van der Waals surface area contributed by atoms with Crippen molar-refractivity contribution in [3.63, 3.8) is 0 Å². The normalized spacial score (nSPS) is 11.0. The van der Waals surface area contributed by atoms with Crippen LogP contribution < -0.4 is 4.57 Å². The molecule has 0 saturated heterocycles. The van der Waals surface area contributed by atoms with Crippen molar-refractivity contribution in [1.82, 2.24) is 0 Å². The van der Waals surface area contributed by atoms with Gasteiger partial charge in [0, 0.05) is 47.0 Å². The minimum Gasteiger partial charge on any atom is -0.447 e. The zero-order chi connectivity index (χ0) is 13.1. The van der Waals surface area contributed by atoms with Crippen LogP contribution >= 0.6 is 0 Å². The number of halogens is 2. The third-order valence-corrected chi connectivity index (χ3v) is 4.55. The van der Waals surface area contributed by atoms with Gasteiger partial charge < -0.3 is 9.30 Å². The van der Waals surface area contributed by atoms with Gasteiger partial charge in [0.05, 0.1) is 6.61 Å². The van der Waals surface area contributed by atoms with Gasteiger partial charge in [-0.3, -0.25) is 0 Å². The van der Waals surface area contributed by atoms with Crippen molar-refractivity contribution >= 4 is 13.9 Å². The Morgan fingerprint density at radius 1 is 1.28 bits per heavy atom. The second-order valence-electron chi connectivity index (χ2n) is 4.82. The van der Waals surface area contributed by atoms with Crippen LogP contribution in [0.2, 0.25) is 19.6 Å². The molecule has 18 heavy (non-hydrogen) atoms. The molecule has 1 aromatic rings. The maximum absolute atomic E-state index is 13.7. The first-order valence-corrected chi connectivity index (χ1v) is 8.95. The molecule has 6 heteroatoms. The molecule has 1 aromatic carbocycles. The van der Waals surface area contributed by atoms with Gasteiger partial charge in [0.2, 0.25) is 0 Å². The van der Waals surface area contributed by atoms with Crippen LogP contribution in [-0.2, 0) is 26.5 Å². The fraction of sp³-hybridized carbons (Fsp3) is 0.500. The first-order valence-electron chi connectivity index (χ1n) is 5.50. The minimum atomic E-state index is -1.74. The maximum atomic E-state index is 13.7. The average Bonchev–Trinajstić information content (AvgIpc) is 2.19. The molecule has 100 valence electrons. The zero-order valence-electron chi connectivity index (χ0n) is 11.2. The van der Waals surface area contributed by atoms with Crippen LogP contribution in [0.25, 0.3) is 0 Å². The Balaban J connectivity index is 0.00000289. The molecule has 0 bridgehead atoms. The molecule has 0 amide bonds. The SMILES string of the molecule is COCCN(c1ccc(F)[c-]c1F)[Si](C)(C)C.[Ti]. The van der Waals surface area contributed by atoms with E-state index in [0.29, 0.717) is 18.8 Å². The summed E-state index contributed by atoms with van der Waals surface area (Å²) >= 11 is 0. The summed E-state index contributed by atoms with van der Waals surface area (Å²) < 4.78 is 33.5. The van der Waals surface area contributed by atoms with Crippen LogP contribution in [-0.4, -0.2) is 28.5 Å². The van der Waals surface area contributed by atoms with E-state index in [9.17, 15) is 8.78 Å². The summed E-state index contributed by atoms with van der Waals surface area (Å²) in [5, 5.41) is 0. The van der Waals surface area contributed by atoms with Gasteiger partial charge in [0.25, 0.3) is 0 Å². The number of benzene rings is 1. The van der Waals surface area contributed by atoms with Crippen LogP contribution in [0.15, 0.2) is 12.1 Å². The molecule has 1 rings (SSSR count). The van der Waals surface area contributed by atoms with Gasteiger partial charge in [0.15, 0.2) is 0 Å². The minimum absolute atomic E-state index is 0. The van der Waals surface area contributed by atoms with E-state index in [1.165, 1.54) is 12.1 Å². The number of anilines is 1. The van der Waals surface area contributed by atoms with Crippen molar-refractivity contribution in [2.45, 2.75) is 19.6 Å². The third kappa shape index (κ3) is 4.80. The van der Waals surface area contributed by atoms with E-state index in [-0.39, 0.29) is 21.7 Å². The average molecular weight is 306 g/mol. The van der Waals surface area contributed by atoms with E-state index in [4.69, 9.17) is 4.74 Å². The molecule has 0 aliphatic rings. The standard InChI is InChI=1S/C12H18F2NOSi.Ti/c1-16-8-7-15(17(2,3)4)12-6-5-10(13)9-11(12)14;/h5-6H,7-8H2,1-4H3;/q-1;. The van der Waals surface area contributed by atoms with Crippen molar-refractivity contribution in [2.24, 2.45) is 0 Å². The van der Waals surface area contributed by atoms with E-state index in [0.717, 1.165) is 0 Å². The molecule has 0 aromatic heterocycles. The Labute approximate surface area is 123 Å². The van der Waals surface area contributed by atoms with E-state index in [1.54, 1.807) is 7.11 Å². The molecule has 0 atom stereocenters. The summed E-state index contributed by atoms with van der Waals surface area (Å²) in [6.07, 6.45) is 0. The van der Waals surface area contributed by atoms with E-state index in [1.807, 2.05) is 4.57 Å². The third-order valence-electron chi connectivity index (χ3n) is 2.46. The molecular weight excluding hydrogens is 288 g/mol. The number of nitrogens with zero attached hydrogens (tertiary/aromatic N) is 1. The molecule has 2 nitrogen and oxygen atoms in total. The number of hydrogen-bond acceptors (Lipinski definition) is 2. The Bertz CT molecular complexity index is 385. The largest absolute Gasteiger partial charge is 0.447 e. The van der Waals surface area contributed by atoms with E-state index in [2.05, 4.69) is 25.7 Å². The Kier molecular flexibility index (Phi) is 7.29. The summed E-state index contributed by atoms with van der Waals surface area (Å²) in [6.45, 7) is 7.42. The van der Waals surface area contributed by atoms with E-state index < -0.39 is 19.9 Å². The van der Waals surface area contributed by atoms with Gasteiger partial charge in [-0.15, -0.1) is 18.2 Å². The fourth-order valence-corrected chi connectivity index (χ4v) is 3.30. The molecule has 0 fully saturated rings. The summed E-state index contributed by atoms with van der Waals surface area (Å²) in [4.78, 5) is 0. The van der Waals surface area contributed by atoms with Gasteiger partial charge in [-0.25, -0.2) is 8.78 Å². The molecule has 0 radical (unpaired) electrons. The van der Waals surface area contributed by atoms with Crippen molar-refractivity contribution < 1.29 is 35.2 Å². The first-order chi connectivity index (χ1) is 7.86. The summed E-state index contributed by atoms with van der Waals surface area (Å²) in [5.74, 6) is -1.31. The maximum Gasteiger partial charge on any atom is 0.135 e. The molecule has 0 spiro atoms. The molecule has 0 aliphatic heterocycles. The van der Waals surface area contributed by atoms with Crippen molar-refractivity contribution in [2.75, 3.05) is 24.8 Å². The molecular formula is C12H18F2NOSiTi-. The van der Waals surface area contributed by atoms with Crippen LogP contribution in [0.3, 0.4) is 0 Å². The molecule has 0 unspecified atom stereocenters. The smallest absolute Gasteiger partial charge is 0.135 e. The number of rotatable bonds is 5. The Hall–Kier alpha value is -0.229. The summed E-state index contributed by atoms with van der Waals surface area (Å²) in [7, 11) is -0.136. The number of ether oxygens (including phenoxy) is 1. The molecule has 0 N–H and O–H groups in total. The molecule has 0 saturated carbocycles. The van der Waals surface area contributed by atoms with Crippen molar-refractivity contribution in [3.05, 3.63) is 29.8 Å². The Morgan fingerprint density at radius 2 is 1.89 bits per heavy atom. The van der Waals surface area contributed by atoms with E-state index >= 15 is 0 Å². The predicted molar refractivity (Wildman–Crippen MR) is 67.8 cm³/mol. The molecule has 0 heterocycles. The number of methoxy groups -OCH3 is 1. The second-order valence-corrected chi connectivity index (χ2v) is 9.70. The van der Waals surface area contributed by atoms with Gasteiger partial charge in [-0.05, 0) is 5.69 Å². The Morgan fingerprint density at radius 3 is 2.33 bits per heavy atom. The second kappa shape index (κ2) is 7.38. The first kappa shape index (κ1) is 17.8. The fourth-order valence-electron chi connectivity index (χ4n) is 1.64. The molecule has 0 aliphatic carbocycles. The quantitative estimate of drug-likeness (QED) is 0.612. The number of hydrogen-bond donors (Lipinski definition) is 0. The summed E-state index contributed by atoms with van der Waals surface area (Å²) in [6, 6.07) is 4.78. The van der Waals surface area contributed by atoms with Crippen LogP contribution in [0.1, 0.15) is 0 Å². The van der Waals surface area contributed by atoms with Gasteiger partial charge in [-0.1, -0.05) is 19.6 Å². The van der Waals surface area contributed by atoms with Crippen molar-refractivity contribution in [3.8, 4) is 0 Å². The summed E-state index contributed by atoms with van der Waals surface area (Å²) in [5.41, 5.74) is 0.405. The monoisotopic (exact) mass is 306 g/mol.